The lowest BCUT2D eigenvalue weighted by molar-refractivity contribution is -0.124. The predicted molar refractivity (Wildman–Crippen MR) is 76.4 cm³/mol. The average molecular weight is 265 g/mol. The highest BCUT2D eigenvalue weighted by molar-refractivity contribution is 5.79. The molecule has 1 saturated carbocycles. The van der Waals surface area contributed by atoms with Crippen molar-refractivity contribution in [3.8, 4) is 6.07 Å². The van der Waals surface area contributed by atoms with Crippen molar-refractivity contribution in [1.29, 1.82) is 5.26 Å². The van der Waals surface area contributed by atoms with E-state index in [0.29, 0.717) is 18.5 Å². The maximum atomic E-state index is 12.1. The summed E-state index contributed by atoms with van der Waals surface area (Å²) in [6.07, 6.45) is 2.08. The summed E-state index contributed by atoms with van der Waals surface area (Å²) in [5.74, 6) is 0.265. The number of carbonyl (C=O) groups excluding carboxylic acids is 1. The van der Waals surface area contributed by atoms with E-state index >= 15 is 0 Å². The Labute approximate surface area is 117 Å². The standard InChI is InChI=1S/C15H27N3O/c1-11(14(2,3)4)18(6)9-13(19)17-15(5,10-16)12-7-8-12/h11-12H,7-9H2,1-6H3,(H,17,19)/t11-,15-/m1/s1. The van der Waals surface area contributed by atoms with E-state index in [0.717, 1.165) is 12.8 Å². The van der Waals surface area contributed by atoms with Crippen LogP contribution >= 0.6 is 0 Å². The Morgan fingerprint density at radius 2 is 1.95 bits per heavy atom. The number of nitrogens with one attached hydrogen (secondary N) is 1. The molecule has 4 heteroatoms. The molecule has 19 heavy (non-hydrogen) atoms. The average Bonchev–Trinajstić information content (AvgIpc) is 3.10. The summed E-state index contributed by atoms with van der Waals surface area (Å²) >= 11 is 0. The smallest absolute Gasteiger partial charge is 0.235 e. The zero-order valence-electron chi connectivity index (χ0n) is 13.1. The van der Waals surface area contributed by atoms with Crippen molar-refractivity contribution in [1.82, 2.24) is 10.2 Å². The highest BCUT2D eigenvalue weighted by Crippen LogP contribution is 2.39. The number of rotatable bonds is 5. The highest BCUT2D eigenvalue weighted by Gasteiger charge is 2.43. The van der Waals surface area contributed by atoms with Gasteiger partial charge in [-0.15, -0.1) is 0 Å². The molecule has 0 aromatic rings. The second-order valence-electron chi connectivity index (χ2n) is 7.09. The fraction of sp³-hybridized carbons (Fsp3) is 0.867. The van der Waals surface area contributed by atoms with Crippen LogP contribution in [0.15, 0.2) is 0 Å². The Morgan fingerprint density at radius 1 is 1.42 bits per heavy atom. The molecule has 4 nitrogen and oxygen atoms in total. The number of hydrogen-bond donors (Lipinski definition) is 1. The van der Waals surface area contributed by atoms with E-state index in [-0.39, 0.29) is 11.3 Å². The number of likely N-dealkylation sites (N-methyl/N-ethyl adjacent to an activating group) is 1. The fourth-order valence-corrected chi connectivity index (χ4v) is 2.24. The Morgan fingerprint density at radius 3 is 2.32 bits per heavy atom. The molecule has 0 radical (unpaired) electrons. The summed E-state index contributed by atoms with van der Waals surface area (Å²) in [5, 5.41) is 12.1. The normalized spacial score (nSPS) is 20.5. The van der Waals surface area contributed by atoms with E-state index in [2.05, 4.69) is 39.1 Å². The first kappa shape index (κ1) is 16.0. The molecule has 1 N–H and O–H groups in total. The number of carbonyl (C=O) groups is 1. The van der Waals surface area contributed by atoms with Gasteiger partial charge in [0.2, 0.25) is 5.91 Å². The van der Waals surface area contributed by atoms with Crippen molar-refractivity contribution in [3.05, 3.63) is 0 Å². The van der Waals surface area contributed by atoms with Crippen LogP contribution in [0.25, 0.3) is 0 Å². The molecule has 2 atom stereocenters. The largest absolute Gasteiger partial charge is 0.337 e. The SMILES string of the molecule is C[C@@H](N(C)CC(=O)N[C@](C)(C#N)C1CC1)C(C)(C)C. The van der Waals surface area contributed by atoms with E-state index < -0.39 is 5.54 Å². The fourth-order valence-electron chi connectivity index (χ4n) is 2.24. The first-order valence-corrected chi connectivity index (χ1v) is 7.02. The van der Waals surface area contributed by atoms with Gasteiger partial charge in [-0.1, -0.05) is 20.8 Å². The molecule has 0 aliphatic heterocycles. The second kappa shape index (κ2) is 5.50. The molecule has 0 unspecified atom stereocenters. The van der Waals surface area contributed by atoms with Crippen LogP contribution in [0.2, 0.25) is 0 Å². The minimum atomic E-state index is -0.692. The molecule has 1 amide bonds. The zero-order chi connectivity index (χ0) is 14.8. The van der Waals surface area contributed by atoms with E-state index in [1.165, 1.54) is 0 Å². The molecule has 0 heterocycles. The van der Waals surface area contributed by atoms with Gasteiger partial charge in [0.1, 0.15) is 5.54 Å². The third kappa shape index (κ3) is 4.21. The van der Waals surface area contributed by atoms with Gasteiger partial charge < -0.3 is 5.32 Å². The third-order valence-electron chi connectivity index (χ3n) is 4.33. The monoisotopic (exact) mass is 265 g/mol. The molecule has 108 valence electrons. The van der Waals surface area contributed by atoms with Crippen LogP contribution in [-0.4, -0.2) is 36.0 Å². The van der Waals surface area contributed by atoms with E-state index in [4.69, 9.17) is 0 Å². The lowest BCUT2D eigenvalue weighted by Crippen LogP contribution is -2.51. The van der Waals surface area contributed by atoms with Crippen LogP contribution in [-0.2, 0) is 4.79 Å². The number of nitriles is 1. The molecule has 1 fully saturated rings. The van der Waals surface area contributed by atoms with Crippen molar-refractivity contribution < 1.29 is 4.79 Å². The van der Waals surface area contributed by atoms with Gasteiger partial charge in [-0.25, -0.2) is 0 Å². The summed E-state index contributed by atoms with van der Waals surface area (Å²) in [4.78, 5) is 14.1. The van der Waals surface area contributed by atoms with Crippen LogP contribution in [0.3, 0.4) is 0 Å². The Kier molecular flexibility index (Phi) is 4.63. The molecule has 0 saturated heterocycles. The van der Waals surface area contributed by atoms with Crippen LogP contribution < -0.4 is 5.32 Å². The molecular weight excluding hydrogens is 238 g/mol. The number of nitrogens with zero attached hydrogens (tertiary/aromatic N) is 2. The van der Waals surface area contributed by atoms with Gasteiger partial charge >= 0.3 is 0 Å². The van der Waals surface area contributed by atoms with E-state index in [1.54, 1.807) is 0 Å². The number of hydrogen-bond acceptors (Lipinski definition) is 3. The molecule has 1 aliphatic rings. The van der Waals surface area contributed by atoms with E-state index in [1.807, 2.05) is 18.9 Å². The first-order valence-electron chi connectivity index (χ1n) is 7.02. The minimum absolute atomic E-state index is 0.0606. The summed E-state index contributed by atoms with van der Waals surface area (Å²) < 4.78 is 0. The Hall–Kier alpha value is -1.08. The molecule has 1 aliphatic carbocycles. The van der Waals surface area contributed by atoms with Crippen molar-refractivity contribution in [2.45, 2.75) is 59.0 Å². The van der Waals surface area contributed by atoms with Crippen molar-refractivity contribution in [3.63, 3.8) is 0 Å². The van der Waals surface area contributed by atoms with Gasteiger partial charge in [0.15, 0.2) is 0 Å². The topological polar surface area (TPSA) is 56.1 Å². The van der Waals surface area contributed by atoms with Crippen molar-refractivity contribution in [2.75, 3.05) is 13.6 Å². The van der Waals surface area contributed by atoms with Gasteiger partial charge in [0, 0.05) is 6.04 Å². The lowest BCUT2D eigenvalue weighted by atomic mass is 9.87. The van der Waals surface area contributed by atoms with Crippen molar-refractivity contribution in [2.24, 2.45) is 11.3 Å². The van der Waals surface area contributed by atoms with Crippen molar-refractivity contribution >= 4 is 5.91 Å². The maximum absolute atomic E-state index is 12.1. The van der Waals surface area contributed by atoms with Gasteiger partial charge in [-0.3, -0.25) is 9.69 Å². The summed E-state index contributed by atoms with van der Waals surface area (Å²) in [6, 6.07) is 2.55. The Bertz CT molecular complexity index is 376. The molecule has 0 aromatic heterocycles. The van der Waals surface area contributed by atoms with Gasteiger partial charge in [-0.2, -0.15) is 5.26 Å². The lowest BCUT2D eigenvalue weighted by Gasteiger charge is -2.35. The quantitative estimate of drug-likeness (QED) is 0.828. The van der Waals surface area contributed by atoms with Crippen LogP contribution in [0.4, 0.5) is 0 Å². The highest BCUT2D eigenvalue weighted by atomic mass is 16.2. The van der Waals surface area contributed by atoms with E-state index in [9.17, 15) is 10.1 Å². The molecule has 0 aromatic carbocycles. The van der Waals surface area contributed by atoms with Crippen LogP contribution in [0.5, 0.6) is 0 Å². The molecule has 0 spiro atoms. The summed E-state index contributed by atoms with van der Waals surface area (Å²) in [5.41, 5.74) is -0.563. The summed E-state index contributed by atoms with van der Waals surface area (Å²) in [7, 11) is 1.95. The van der Waals surface area contributed by atoms with Gasteiger partial charge in [0.25, 0.3) is 0 Å². The van der Waals surface area contributed by atoms with Crippen LogP contribution in [0.1, 0.15) is 47.5 Å². The van der Waals surface area contributed by atoms with Crippen LogP contribution in [0, 0.1) is 22.7 Å². The van der Waals surface area contributed by atoms with Gasteiger partial charge in [0.05, 0.1) is 12.6 Å². The first-order chi connectivity index (χ1) is 8.60. The number of amides is 1. The zero-order valence-corrected chi connectivity index (χ0v) is 13.1. The minimum Gasteiger partial charge on any atom is -0.337 e. The molecule has 0 bridgehead atoms. The molecular formula is C15H27N3O. The maximum Gasteiger partial charge on any atom is 0.235 e. The summed E-state index contributed by atoms with van der Waals surface area (Å²) in [6.45, 7) is 10.8. The molecule has 1 rings (SSSR count). The second-order valence-corrected chi connectivity index (χ2v) is 7.09. The third-order valence-corrected chi connectivity index (χ3v) is 4.33. The Balaban J connectivity index is 2.54. The predicted octanol–water partition coefficient (Wildman–Crippen LogP) is 2.16. The van der Waals surface area contributed by atoms with Gasteiger partial charge in [-0.05, 0) is 45.1 Å².